The molecule has 0 unspecified atom stereocenters. The molecule has 0 aliphatic carbocycles. The molecule has 3 N–H and O–H groups in total. The van der Waals surface area contributed by atoms with Crippen molar-refractivity contribution in [2.24, 2.45) is 0 Å². The van der Waals surface area contributed by atoms with Gasteiger partial charge in [0.05, 0.1) is 27.0 Å². The van der Waals surface area contributed by atoms with Crippen molar-refractivity contribution in [1.29, 1.82) is 0 Å². The summed E-state index contributed by atoms with van der Waals surface area (Å²) in [6.45, 7) is 0. The molecule has 3 aromatic carbocycles. The third kappa shape index (κ3) is 5.72. The van der Waals surface area contributed by atoms with E-state index >= 15 is 0 Å². The first-order chi connectivity index (χ1) is 14.8. The van der Waals surface area contributed by atoms with Crippen LogP contribution in [0.3, 0.4) is 0 Å². The summed E-state index contributed by atoms with van der Waals surface area (Å²) in [6, 6.07) is 19.0. The number of halogens is 2. The van der Waals surface area contributed by atoms with Crippen LogP contribution in [0, 0.1) is 0 Å². The number of hydrogen-bond acceptors (Lipinski definition) is 3. The van der Waals surface area contributed by atoms with Gasteiger partial charge in [0.25, 0.3) is 11.8 Å². The second kappa shape index (κ2) is 9.93. The van der Waals surface area contributed by atoms with E-state index in [9.17, 15) is 14.4 Å². The molecule has 2 amide bonds. The topological polar surface area (TPSA) is 95.5 Å². The second-order valence-electron chi connectivity index (χ2n) is 6.35. The summed E-state index contributed by atoms with van der Waals surface area (Å²) < 4.78 is 0. The number of rotatable bonds is 6. The number of carbonyl (C=O) groups is 3. The third-order valence-corrected chi connectivity index (χ3v) is 4.86. The van der Waals surface area contributed by atoms with Crippen LogP contribution in [0.25, 0.3) is 6.08 Å². The molecule has 0 aromatic heterocycles. The van der Waals surface area contributed by atoms with Gasteiger partial charge in [0.2, 0.25) is 0 Å². The fourth-order valence-electron chi connectivity index (χ4n) is 2.63. The van der Waals surface area contributed by atoms with Gasteiger partial charge in [-0.2, -0.15) is 0 Å². The molecule has 0 aliphatic rings. The quantitative estimate of drug-likeness (QED) is 0.265. The Hall–Kier alpha value is -3.61. The van der Waals surface area contributed by atoms with Gasteiger partial charge in [-0.15, -0.1) is 0 Å². The minimum atomic E-state index is -1.08. The van der Waals surface area contributed by atoms with E-state index < -0.39 is 17.8 Å². The first kappa shape index (κ1) is 22.1. The highest BCUT2D eigenvalue weighted by Crippen LogP contribution is 2.24. The van der Waals surface area contributed by atoms with Gasteiger partial charge in [0, 0.05) is 0 Å². The zero-order valence-corrected chi connectivity index (χ0v) is 17.4. The Balaban J connectivity index is 1.95. The maximum atomic E-state index is 12.9. The van der Waals surface area contributed by atoms with E-state index in [-0.39, 0.29) is 11.1 Å². The number of carboxylic acids is 1. The minimum Gasteiger partial charge on any atom is -0.478 e. The lowest BCUT2D eigenvalue weighted by atomic mass is 10.1. The Bertz CT molecular complexity index is 1110. The van der Waals surface area contributed by atoms with Crippen LogP contribution in [0.2, 0.25) is 10.0 Å². The average Bonchev–Trinajstić information content (AvgIpc) is 2.75. The summed E-state index contributed by atoms with van der Waals surface area (Å²) in [5, 5.41) is 14.9. The number of anilines is 2. The molecule has 6 nitrogen and oxygen atoms in total. The van der Waals surface area contributed by atoms with Crippen molar-refractivity contribution in [2.45, 2.75) is 0 Å². The van der Waals surface area contributed by atoms with Gasteiger partial charge >= 0.3 is 5.97 Å². The largest absolute Gasteiger partial charge is 0.478 e. The standard InChI is InChI=1S/C23H16Cl2N2O4/c24-17-5-1-3-7-19(17)26-21(28)16(13-14-9-11-15(12-10-14)23(30)31)22(29)27-20-8-4-2-6-18(20)25/h1-13H,(H,26,28)(H,27,29)(H,30,31). The normalized spacial score (nSPS) is 10.1. The van der Waals surface area contributed by atoms with Gasteiger partial charge in [-0.1, -0.05) is 59.6 Å². The van der Waals surface area contributed by atoms with Gasteiger partial charge in [0.15, 0.2) is 0 Å². The SMILES string of the molecule is O=C(Nc1ccccc1Cl)C(=Cc1ccc(C(=O)O)cc1)C(=O)Nc1ccccc1Cl. The maximum Gasteiger partial charge on any atom is 0.335 e. The molecule has 0 fully saturated rings. The fraction of sp³-hybridized carbons (Fsp3) is 0. The lowest BCUT2D eigenvalue weighted by Crippen LogP contribution is -2.25. The van der Waals surface area contributed by atoms with Crippen molar-refractivity contribution in [3.05, 3.63) is 99.5 Å². The van der Waals surface area contributed by atoms with E-state index in [4.69, 9.17) is 28.3 Å². The van der Waals surface area contributed by atoms with Crippen molar-refractivity contribution in [1.82, 2.24) is 0 Å². The van der Waals surface area contributed by atoms with E-state index in [1.54, 1.807) is 48.5 Å². The van der Waals surface area contributed by atoms with Crippen molar-refractivity contribution in [2.75, 3.05) is 10.6 Å². The van der Waals surface area contributed by atoms with E-state index in [0.717, 1.165) is 0 Å². The summed E-state index contributed by atoms with van der Waals surface area (Å²) in [6.07, 6.45) is 1.35. The predicted octanol–water partition coefficient (Wildman–Crippen LogP) is 5.35. The summed E-state index contributed by atoms with van der Waals surface area (Å²) in [4.78, 5) is 36.9. The van der Waals surface area contributed by atoms with Crippen LogP contribution >= 0.6 is 23.2 Å². The lowest BCUT2D eigenvalue weighted by molar-refractivity contribution is -0.118. The second-order valence-corrected chi connectivity index (χ2v) is 7.17. The molecule has 0 saturated heterocycles. The Morgan fingerprint density at radius 3 is 1.58 bits per heavy atom. The van der Waals surface area contributed by atoms with Gasteiger partial charge in [-0.25, -0.2) is 4.79 Å². The number of carbonyl (C=O) groups excluding carboxylic acids is 2. The molecule has 0 spiro atoms. The Morgan fingerprint density at radius 2 is 1.16 bits per heavy atom. The van der Waals surface area contributed by atoms with Crippen LogP contribution in [0.1, 0.15) is 15.9 Å². The van der Waals surface area contributed by atoms with Crippen LogP contribution < -0.4 is 10.6 Å². The van der Waals surface area contributed by atoms with Crippen LogP contribution in [0.15, 0.2) is 78.4 Å². The number of benzene rings is 3. The molecule has 0 radical (unpaired) electrons. The van der Waals surface area contributed by atoms with Crippen LogP contribution in [-0.2, 0) is 9.59 Å². The van der Waals surface area contributed by atoms with E-state index in [1.165, 1.54) is 30.3 Å². The summed E-state index contributed by atoms with van der Waals surface area (Å²) in [5.41, 5.74) is 1.00. The average molecular weight is 455 g/mol. The Kier molecular flexibility index (Phi) is 7.07. The highest BCUT2D eigenvalue weighted by Gasteiger charge is 2.20. The van der Waals surface area contributed by atoms with Gasteiger partial charge < -0.3 is 15.7 Å². The van der Waals surface area contributed by atoms with Crippen LogP contribution in [0.4, 0.5) is 11.4 Å². The highest BCUT2D eigenvalue weighted by atomic mass is 35.5. The maximum absolute atomic E-state index is 12.9. The Labute approximate surface area is 188 Å². The Morgan fingerprint density at radius 1 is 0.710 bits per heavy atom. The van der Waals surface area contributed by atoms with E-state index in [2.05, 4.69) is 10.6 Å². The van der Waals surface area contributed by atoms with Crippen LogP contribution in [-0.4, -0.2) is 22.9 Å². The molecule has 0 bridgehead atoms. The van der Waals surface area contributed by atoms with Crippen molar-refractivity contribution >= 4 is 58.4 Å². The first-order valence-corrected chi connectivity index (χ1v) is 9.77. The molecular weight excluding hydrogens is 439 g/mol. The number of amides is 2. The number of aromatic carboxylic acids is 1. The monoisotopic (exact) mass is 454 g/mol. The number of hydrogen-bond donors (Lipinski definition) is 3. The molecule has 156 valence electrons. The van der Waals surface area contributed by atoms with Crippen molar-refractivity contribution < 1.29 is 19.5 Å². The highest BCUT2D eigenvalue weighted by molar-refractivity contribution is 6.36. The van der Waals surface area contributed by atoms with Crippen molar-refractivity contribution in [3.8, 4) is 0 Å². The minimum absolute atomic E-state index is 0.0831. The number of para-hydroxylation sites is 2. The van der Waals surface area contributed by atoms with Crippen molar-refractivity contribution in [3.63, 3.8) is 0 Å². The van der Waals surface area contributed by atoms with Crippen LogP contribution in [0.5, 0.6) is 0 Å². The zero-order valence-electron chi connectivity index (χ0n) is 15.9. The number of nitrogens with one attached hydrogen (secondary N) is 2. The van der Waals surface area contributed by atoms with Gasteiger partial charge in [0.1, 0.15) is 5.57 Å². The molecule has 0 aliphatic heterocycles. The molecule has 8 heteroatoms. The molecular formula is C23H16Cl2N2O4. The molecule has 0 heterocycles. The molecule has 3 rings (SSSR count). The molecule has 3 aromatic rings. The van der Waals surface area contributed by atoms with Gasteiger partial charge in [-0.05, 0) is 48.0 Å². The first-order valence-electron chi connectivity index (χ1n) is 9.02. The summed E-state index contributed by atoms with van der Waals surface area (Å²) in [5.74, 6) is -2.47. The smallest absolute Gasteiger partial charge is 0.335 e. The van der Waals surface area contributed by atoms with E-state index in [1.807, 2.05) is 0 Å². The zero-order chi connectivity index (χ0) is 22.4. The van der Waals surface area contributed by atoms with Gasteiger partial charge in [-0.3, -0.25) is 9.59 Å². The fourth-order valence-corrected chi connectivity index (χ4v) is 2.99. The summed E-state index contributed by atoms with van der Waals surface area (Å²) in [7, 11) is 0. The molecule has 0 saturated carbocycles. The molecule has 31 heavy (non-hydrogen) atoms. The third-order valence-electron chi connectivity index (χ3n) is 4.20. The van der Waals surface area contributed by atoms with E-state index in [0.29, 0.717) is 27.0 Å². The molecule has 0 atom stereocenters. The lowest BCUT2D eigenvalue weighted by Gasteiger charge is -2.12. The number of carboxylic acid groups (broad SMARTS) is 1. The summed E-state index contributed by atoms with van der Waals surface area (Å²) >= 11 is 12.2. The predicted molar refractivity (Wildman–Crippen MR) is 122 cm³/mol.